The topological polar surface area (TPSA) is 42.2 Å². The molecule has 0 radical (unpaired) electrons. The van der Waals surface area contributed by atoms with Crippen molar-refractivity contribution in [1.82, 2.24) is 9.88 Å². The summed E-state index contributed by atoms with van der Waals surface area (Å²) in [6.07, 6.45) is 4.24. The summed E-state index contributed by atoms with van der Waals surface area (Å²) in [5, 5.41) is 3.23. The van der Waals surface area contributed by atoms with Crippen LogP contribution in [0.2, 0.25) is 0 Å². The van der Waals surface area contributed by atoms with Gasteiger partial charge in [-0.05, 0) is 33.2 Å². The summed E-state index contributed by atoms with van der Waals surface area (Å²) in [4.78, 5) is 6.88. The SMILES string of the molecule is CC(C)(c1nccs1)N1CCCC(N)C1. The summed E-state index contributed by atoms with van der Waals surface area (Å²) in [7, 11) is 0. The van der Waals surface area contributed by atoms with E-state index in [1.54, 1.807) is 11.3 Å². The molecule has 1 aromatic rings. The van der Waals surface area contributed by atoms with Gasteiger partial charge in [-0.25, -0.2) is 4.98 Å². The van der Waals surface area contributed by atoms with Crippen LogP contribution in [-0.4, -0.2) is 29.0 Å². The second kappa shape index (κ2) is 4.20. The molecule has 1 atom stereocenters. The highest BCUT2D eigenvalue weighted by atomic mass is 32.1. The van der Waals surface area contributed by atoms with Gasteiger partial charge in [-0.3, -0.25) is 4.90 Å². The van der Waals surface area contributed by atoms with Gasteiger partial charge in [0.15, 0.2) is 0 Å². The Kier molecular flexibility index (Phi) is 3.09. The summed E-state index contributed by atoms with van der Waals surface area (Å²) < 4.78 is 0. The van der Waals surface area contributed by atoms with Crippen LogP contribution in [0.5, 0.6) is 0 Å². The number of thiazole rings is 1. The van der Waals surface area contributed by atoms with Crippen molar-refractivity contribution in [3.63, 3.8) is 0 Å². The van der Waals surface area contributed by atoms with Crippen LogP contribution in [0, 0.1) is 0 Å². The number of piperidine rings is 1. The molecule has 1 aromatic heterocycles. The first kappa shape index (κ1) is 11.0. The first-order chi connectivity index (χ1) is 7.10. The average Bonchev–Trinajstić information content (AvgIpc) is 2.71. The van der Waals surface area contributed by atoms with Gasteiger partial charge >= 0.3 is 0 Å². The molecule has 0 aliphatic carbocycles. The van der Waals surface area contributed by atoms with Crippen LogP contribution in [0.3, 0.4) is 0 Å². The van der Waals surface area contributed by atoms with Crippen molar-refractivity contribution >= 4 is 11.3 Å². The number of likely N-dealkylation sites (tertiary alicyclic amines) is 1. The number of hydrogen-bond acceptors (Lipinski definition) is 4. The fourth-order valence-electron chi connectivity index (χ4n) is 2.18. The maximum Gasteiger partial charge on any atom is 0.112 e. The Hall–Kier alpha value is -0.450. The standard InChI is InChI=1S/C11H19N3S/c1-11(2,10-13-5-7-15-10)14-6-3-4-9(12)8-14/h5,7,9H,3-4,6,8,12H2,1-2H3. The molecular weight excluding hydrogens is 206 g/mol. The Morgan fingerprint density at radius 1 is 1.60 bits per heavy atom. The molecule has 2 rings (SSSR count). The number of rotatable bonds is 2. The first-order valence-corrected chi connectivity index (χ1v) is 6.39. The van der Waals surface area contributed by atoms with Crippen molar-refractivity contribution in [2.24, 2.45) is 5.73 Å². The van der Waals surface area contributed by atoms with Gasteiger partial charge in [0.1, 0.15) is 5.01 Å². The highest BCUT2D eigenvalue weighted by molar-refractivity contribution is 7.09. The van der Waals surface area contributed by atoms with Crippen LogP contribution in [0.15, 0.2) is 11.6 Å². The summed E-state index contributed by atoms with van der Waals surface area (Å²) in [5.74, 6) is 0. The third kappa shape index (κ3) is 2.22. The van der Waals surface area contributed by atoms with Gasteiger partial charge in [0, 0.05) is 24.2 Å². The molecule has 0 aromatic carbocycles. The number of aromatic nitrogens is 1. The average molecular weight is 225 g/mol. The molecule has 0 saturated carbocycles. The van der Waals surface area contributed by atoms with E-state index in [9.17, 15) is 0 Å². The lowest BCUT2D eigenvalue weighted by Crippen LogP contribution is -2.51. The molecule has 84 valence electrons. The van der Waals surface area contributed by atoms with Gasteiger partial charge in [-0.2, -0.15) is 0 Å². The smallest absolute Gasteiger partial charge is 0.112 e. The van der Waals surface area contributed by atoms with Gasteiger partial charge < -0.3 is 5.73 Å². The predicted molar refractivity (Wildman–Crippen MR) is 63.9 cm³/mol. The normalized spacial score (nSPS) is 24.3. The molecule has 1 aliphatic heterocycles. The van der Waals surface area contributed by atoms with Gasteiger partial charge in [-0.1, -0.05) is 0 Å². The minimum Gasteiger partial charge on any atom is -0.327 e. The molecule has 1 fully saturated rings. The number of hydrogen-bond donors (Lipinski definition) is 1. The Labute approximate surface area is 95.3 Å². The minimum atomic E-state index is 0.0339. The van der Waals surface area contributed by atoms with E-state index in [-0.39, 0.29) is 5.54 Å². The van der Waals surface area contributed by atoms with Crippen LogP contribution < -0.4 is 5.73 Å². The second-order valence-electron chi connectivity index (χ2n) is 4.74. The summed E-state index contributed by atoms with van der Waals surface area (Å²) in [5.41, 5.74) is 6.05. The van der Waals surface area contributed by atoms with E-state index in [0.717, 1.165) is 19.5 Å². The lowest BCUT2D eigenvalue weighted by atomic mass is 9.97. The van der Waals surface area contributed by atoms with E-state index >= 15 is 0 Å². The van der Waals surface area contributed by atoms with Gasteiger partial charge in [-0.15, -0.1) is 11.3 Å². The summed E-state index contributed by atoms with van der Waals surface area (Å²) in [6.45, 7) is 6.61. The zero-order valence-corrected chi connectivity index (χ0v) is 10.3. The van der Waals surface area contributed by atoms with Crippen LogP contribution >= 0.6 is 11.3 Å². The molecule has 15 heavy (non-hydrogen) atoms. The van der Waals surface area contributed by atoms with Crippen LogP contribution in [0.25, 0.3) is 0 Å². The molecule has 2 heterocycles. The maximum absolute atomic E-state index is 6.02. The van der Waals surface area contributed by atoms with E-state index in [1.165, 1.54) is 11.4 Å². The predicted octanol–water partition coefficient (Wildman–Crippen LogP) is 1.80. The monoisotopic (exact) mass is 225 g/mol. The van der Waals surface area contributed by atoms with Crippen LogP contribution in [-0.2, 0) is 5.54 Å². The lowest BCUT2D eigenvalue weighted by Gasteiger charge is -2.41. The second-order valence-corrected chi connectivity index (χ2v) is 5.64. The number of nitrogens with zero attached hydrogens (tertiary/aromatic N) is 2. The Morgan fingerprint density at radius 2 is 2.40 bits per heavy atom. The van der Waals surface area contributed by atoms with E-state index in [2.05, 4.69) is 23.7 Å². The maximum atomic E-state index is 6.02. The molecule has 1 aliphatic rings. The van der Waals surface area contributed by atoms with Crippen molar-refractivity contribution in [2.75, 3.05) is 13.1 Å². The van der Waals surface area contributed by atoms with Crippen molar-refractivity contribution in [1.29, 1.82) is 0 Å². The van der Waals surface area contributed by atoms with Crippen molar-refractivity contribution in [3.8, 4) is 0 Å². The molecule has 1 unspecified atom stereocenters. The van der Waals surface area contributed by atoms with E-state index in [0.29, 0.717) is 6.04 Å². The fraction of sp³-hybridized carbons (Fsp3) is 0.727. The highest BCUT2D eigenvalue weighted by Crippen LogP contribution is 2.31. The minimum absolute atomic E-state index is 0.0339. The van der Waals surface area contributed by atoms with E-state index in [4.69, 9.17) is 5.73 Å². The summed E-state index contributed by atoms with van der Waals surface area (Å²) in [6, 6.07) is 0.331. The van der Waals surface area contributed by atoms with Gasteiger partial charge in [0.2, 0.25) is 0 Å². The Balaban J connectivity index is 2.14. The van der Waals surface area contributed by atoms with E-state index in [1.807, 2.05) is 11.6 Å². The molecule has 3 nitrogen and oxygen atoms in total. The fourth-order valence-corrected chi connectivity index (χ4v) is 2.97. The quantitative estimate of drug-likeness (QED) is 0.834. The molecule has 2 N–H and O–H groups in total. The van der Waals surface area contributed by atoms with Gasteiger partial charge in [0.05, 0.1) is 5.54 Å². The molecule has 0 spiro atoms. The van der Waals surface area contributed by atoms with Crippen LogP contribution in [0.1, 0.15) is 31.7 Å². The Bertz CT molecular complexity index is 308. The van der Waals surface area contributed by atoms with Crippen LogP contribution in [0.4, 0.5) is 0 Å². The largest absolute Gasteiger partial charge is 0.327 e. The molecular formula is C11H19N3S. The molecule has 1 saturated heterocycles. The lowest BCUT2D eigenvalue weighted by molar-refractivity contribution is 0.0841. The highest BCUT2D eigenvalue weighted by Gasteiger charge is 2.33. The molecule has 4 heteroatoms. The molecule has 0 bridgehead atoms. The molecule has 0 amide bonds. The van der Waals surface area contributed by atoms with Crippen molar-refractivity contribution in [3.05, 3.63) is 16.6 Å². The van der Waals surface area contributed by atoms with Gasteiger partial charge in [0.25, 0.3) is 0 Å². The third-order valence-corrected chi connectivity index (χ3v) is 4.29. The first-order valence-electron chi connectivity index (χ1n) is 5.51. The zero-order chi connectivity index (χ0) is 10.9. The summed E-state index contributed by atoms with van der Waals surface area (Å²) >= 11 is 1.73. The van der Waals surface area contributed by atoms with Crippen molar-refractivity contribution in [2.45, 2.75) is 38.3 Å². The zero-order valence-electron chi connectivity index (χ0n) is 9.44. The number of nitrogens with two attached hydrogens (primary N) is 1. The third-order valence-electron chi connectivity index (χ3n) is 3.20. The van der Waals surface area contributed by atoms with Crippen molar-refractivity contribution < 1.29 is 0 Å². The Morgan fingerprint density at radius 3 is 3.00 bits per heavy atom. The van der Waals surface area contributed by atoms with E-state index < -0.39 is 0 Å².